The summed E-state index contributed by atoms with van der Waals surface area (Å²) in [6, 6.07) is 8.82. The van der Waals surface area contributed by atoms with Crippen LogP contribution in [0.15, 0.2) is 36.4 Å². The average Bonchev–Trinajstić information content (AvgIpc) is 2.96. The SMILES string of the molecule is CN(C)C(=O)C1(N2CCCCC2)CCN(CCC(CN(C)C(=O)c2c(F)cccc2F)c2ccc(Cl)c(Cl)c2)CC1. The lowest BCUT2D eigenvalue weighted by Crippen LogP contribution is -2.64. The van der Waals surface area contributed by atoms with Crippen LogP contribution in [0.5, 0.6) is 0 Å². The van der Waals surface area contributed by atoms with Crippen molar-refractivity contribution in [1.82, 2.24) is 19.6 Å². The van der Waals surface area contributed by atoms with Gasteiger partial charge in [0.2, 0.25) is 5.91 Å². The zero-order chi connectivity index (χ0) is 29.7. The van der Waals surface area contributed by atoms with E-state index >= 15 is 0 Å². The highest BCUT2D eigenvalue weighted by molar-refractivity contribution is 6.42. The Balaban J connectivity index is 1.47. The summed E-state index contributed by atoms with van der Waals surface area (Å²) >= 11 is 12.5. The fraction of sp³-hybridized carbons (Fsp3) is 0.548. The number of amides is 2. The summed E-state index contributed by atoms with van der Waals surface area (Å²) in [6.45, 7) is 4.49. The molecule has 0 radical (unpaired) electrons. The van der Waals surface area contributed by atoms with Crippen LogP contribution >= 0.6 is 23.2 Å². The second kappa shape index (κ2) is 13.8. The van der Waals surface area contributed by atoms with E-state index in [0.717, 1.165) is 76.1 Å². The smallest absolute Gasteiger partial charge is 0.259 e. The lowest BCUT2D eigenvalue weighted by molar-refractivity contribution is -0.147. The van der Waals surface area contributed by atoms with Crippen molar-refractivity contribution in [3.05, 3.63) is 69.2 Å². The number of benzene rings is 2. The first-order chi connectivity index (χ1) is 19.5. The van der Waals surface area contributed by atoms with Gasteiger partial charge in [-0.2, -0.15) is 0 Å². The molecule has 2 fully saturated rings. The molecule has 0 aromatic heterocycles. The van der Waals surface area contributed by atoms with E-state index in [1.165, 1.54) is 17.4 Å². The van der Waals surface area contributed by atoms with E-state index in [9.17, 15) is 18.4 Å². The van der Waals surface area contributed by atoms with E-state index in [0.29, 0.717) is 16.5 Å². The molecule has 2 amide bonds. The predicted octanol–water partition coefficient (Wildman–Crippen LogP) is 5.93. The minimum absolute atomic E-state index is 0.147. The van der Waals surface area contributed by atoms with Crippen molar-refractivity contribution < 1.29 is 18.4 Å². The molecule has 2 aromatic carbocycles. The van der Waals surface area contributed by atoms with E-state index in [1.54, 1.807) is 24.1 Å². The summed E-state index contributed by atoms with van der Waals surface area (Å²) in [5, 5.41) is 0.845. The van der Waals surface area contributed by atoms with Crippen LogP contribution in [0, 0.1) is 11.6 Å². The summed E-state index contributed by atoms with van der Waals surface area (Å²) in [6.07, 6.45) is 5.69. The summed E-state index contributed by atoms with van der Waals surface area (Å²) in [4.78, 5) is 34.4. The Morgan fingerprint density at radius 1 is 0.927 bits per heavy atom. The summed E-state index contributed by atoms with van der Waals surface area (Å²) in [5.41, 5.74) is -0.117. The van der Waals surface area contributed by atoms with Crippen molar-refractivity contribution in [2.45, 2.75) is 50.0 Å². The number of likely N-dealkylation sites (N-methyl/N-ethyl adjacent to an activating group) is 2. The van der Waals surface area contributed by atoms with E-state index in [-0.39, 0.29) is 18.4 Å². The quantitative estimate of drug-likeness (QED) is 0.354. The number of nitrogens with zero attached hydrogens (tertiary/aromatic N) is 4. The normalized spacial score (nSPS) is 18.6. The van der Waals surface area contributed by atoms with Crippen LogP contribution in [0.1, 0.15) is 60.4 Å². The maximum absolute atomic E-state index is 14.4. The molecule has 2 aliphatic heterocycles. The first-order valence-corrected chi connectivity index (χ1v) is 15.1. The molecule has 224 valence electrons. The molecule has 2 heterocycles. The third kappa shape index (κ3) is 7.22. The molecule has 1 atom stereocenters. The Morgan fingerprint density at radius 2 is 1.56 bits per heavy atom. The lowest BCUT2D eigenvalue weighted by Gasteiger charge is -2.50. The molecule has 41 heavy (non-hydrogen) atoms. The van der Waals surface area contributed by atoms with Gasteiger partial charge in [0.25, 0.3) is 5.91 Å². The van der Waals surface area contributed by atoms with Gasteiger partial charge < -0.3 is 14.7 Å². The van der Waals surface area contributed by atoms with E-state index in [4.69, 9.17) is 23.2 Å². The van der Waals surface area contributed by atoms with Crippen molar-refractivity contribution in [2.24, 2.45) is 0 Å². The van der Waals surface area contributed by atoms with Crippen LogP contribution in [0.25, 0.3) is 0 Å². The van der Waals surface area contributed by atoms with Crippen LogP contribution < -0.4 is 0 Å². The summed E-state index contributed by atoms with van der Waals surface area (Å²) < 4.78 is 28.7. The molecule has 0 aliphatic carbocycles. The Hall–Kier alpha value is -2.26. The lowest BCUT2D eigenvalue weighted by atomic mass is 9.82. The first kappa shape index (κ1) is 31.7. The van der Waals surface area contributed by atoms with Crippen LogP contribution in [0.3, 0.4) is 0 Å². The van der Waals surface area contributed by atoms with Gasteiger partial charge in [0.1, 0.15) is 22.7 Å². The summed E-state index contributed by atoms with van der Waals surface area (Å²) in [7, 11) is 5.24. The number of likely N-dealkylation sites (tertiary alicyclic amines) is 2. The molecule has 2 aromatic rings. The fourth-order valence-electron chi connectivity index (χ4n) is 6.32. The highest BCUT2D eigenvalue weighted by atomic mass is 35.5. The first-order valence-electron chi connectivity index (χ1n) is 14.4. The minimum atomic E-state index is -0.884. The second-order valence-electron chi connectivity index (χ2n) is 11.6. The van der Waals surface area contributed by atoms with Gasteiger partial charge >= 0.3 is 0 Å². The van der Waals surface area contributed by atoms with Crippen LogP contribution in [0.4, 0.5) is 8.78 Å². The van der Waals surface area contributed by atoms with Gasteiger partial charge in [-0.25, -0.2) is 8.78 Å². The average molecular weight is 610 g/mol. The Bertz CT molecular complexity index is 1210. The predicted molar refractivity (Wildman–Crippen MR) is 160 cm³/mol. The van der Waals surface area contributed by atoms with Crippen molar-refractivity contribution in [1.29, 1.82) is 0 Å². The summed E-state index contributed by atoms with van der Waals surface area (Å²) in [5.74, 6) is -2.44. The van der Waals surface area contributed by atoms with E-state index in [1.807, 2.05) is 20.2 Å². The van der Waals surface area contributed by atoms with Gasteiger partial charge in [0, 0.05) is 46.7 Å². The standard InChI is InChI=1S/C31H40Cl2F2N4O2/c1-36(2)30(41)31(39-15-5-4-6-16-39)13-18-38(19-14-31)17-12-23(22-10-11-24(32)25(33)20-22)21-37(3)29(40)28-26(34)8-7-9-27(28)35/h7-11,20,23H,4-6,12-19,21H2,1-3H3. The van der Waals surface area contributed by atoms with Crippen LogP contribution in [0.2, 0.25) is 10.0 Å². The largest absolute Gasteiger partial charge is 0.347 e. The number of hydrogen-bond donors (Lipinski definition) is 0. The van der Waals surface area contributed by atoms with Gasteiger partial charge in [0.15, 0.2) is 0 Å². The monoisotopic (exact) mass is 608 g/mol. The molecule has 2 saturated heterocycles. The molecule has 2 aliphatic rings. The molecule has 10 heteroatoms. The fourth-order valence-corrected chi connectivity index (χ4v) is 6.63. The van der Waals surface area contributed by atoms with Crippen LogP contribution in [-0.4, -0.2) is 97.4 Å². The van der Waals surface area contributed by atoms with Gasteiger partial charge in [-0.1, -0.05) is 41.8 Å². The Kier molecular flexibility index (Phi) is 10.7. The van der Waals surface area contributed by atoms with Gasteiger partial charge in [-0.15, -0.1) is 0 Å². The molecule has 1 unspecified atom stereocenters. The second-order valence-corrected chi connectivity index (χ2v) is 12.4. The Morgan fingerprint density at radius 3 is 2.15 bits per heavy atom. The topological polar surface area (TPSA) is 47.1 Å². The number of piperidine rings is 2. The number of carbonyl (C=O) groups is 2. The number of rotatable bonds is 9. The van der Waals surface area contributed by atoms with E-state index in [2.05, 4.69) is 9.80 Å². The third-order valence-corrected chi connectivity index (χ3v) is 9.41. The molecule has 0 N–H and O–H groups in total. The van der Waals surface area contributed by atoms with Crippen LogP contribution in [-0.2, 0) is 4.79 Å². The molecule has 4 rings (SSSR count). The van der Waals surface area contributed by atoms with Gasteiger partial charge in [-0.05, 0) is 81.6 Å². The molecular weight excluding hydrogens is 569 g/mol. The molecular formula is C31H40Cl2F2N4O2. The number of hydrogen-bond acceptors (Lipinski definition) is 4. The third-order valence-electron chi connectivity index (χ3n) is 8.68. The zero-order valence-corrected chi connectivity index (χ0v) is 25.7. The van der Waals surface area contributed by atoms with Crippen molar-refractivity contribution in [3.8, 4) is 0 Å². The highest BCUT2D eigenvalue weighted by Gasteiger charge is 2.47. The number of halogens is 4. The van der Waals surface area contributed by atoms with E-state index < -0.39 is 28.6 Å². The minimum Gasteiger partial charge on any atom is -0.347 e. The Labute approximate surface area is 252 Å². The van der Waals surface area contributed by atoms with Gasteiger partial charge in [0.05, 0.1) is 10.0 Å². The van der Waals surface area contributed by atoms with Gasteiger partial charge in [-0.3, -0.25) is 14.5 Å². The maximum Gasteiger partial charge on any atom is 0.259 e. The maximum atomic E-state index is 14.4. The molecule has 6 nitrogen and oxygen atoms in total. The van der Waals surface area contributed by atoms with Crippen molar-refractivity contribution in [3.63, 3.8) is 0 Å². The van der Waals surface area contributed by atoms with Crippen molar-refractivity contribution in [2.75, 3.05) is 60.4 Å². The highest BCUT2D eigenvalue weighted by Crippen LogP contribution is 2.34. The van der Waals surface area contributed by atoms with Crippen molar-refractivity contribution >= 4 is 35.0 Å². The molecule has 0 spiro atoms. The molecule has 0 bridgehead atoms. The molecule has 0 saturated carbocycles. The number of carbonyl (C=O) groups excluding carboxylic acids is 2. The zero-order valence-electron chi connectivity index (χ0n) is 24.1.